The van der Waals surface area contributed by atoms with Gasteiger partial charge in [0.05, 0.1) is 11.7 Å². The molecule has 2 heterocycles. The van der Waals surface area contributed by atoms with Gasteiger partial charge in [0.1, 0.15) is 0 Å². The van der Waals surface area contributed by atoms with Gasteiger partial charge in [-0.15, -0.1) is 14.6 Å². The second-order valence-electron chi connectivity index (χ2n) is 1.35. The predicted molar refractivity (Wildman–Crippen MR) is 34.4 cm³/mol. The van der Waals surface area contributed by atoms with Gasteiger partial charge in [0.15, 0.2) is 0 Å². The summed E-state index contributed by atoms with van der Waals surface area (Å²) in [6.45, 7) is 0. The van der Waals surface area contributed by atoms with Crippen LogP contribution in [0.25, 0.3) is 10.8 Å². The van der Waals surface area contributed by atoms with Crippen molar-refractivity contribution in [3.8, 4) is 10.8 Å². The molecule has 0 aromatic carbocycles. The second-order valence-corrected chi connectivity index (χ2v) is 2.59. The Labute approximate surface area is 63.4 Å². The van der Waals surface area contributed by atoms with Gasteiger partial charge in [-0.25, -0.2) is 0 Å². The zero-order valence-electron chi connectivity index (χ0n) is 4.50. The van der Waals surface area contributed by atoms with Crippen molar-refractivity contribution in [2.45, 2.75) is 0 Å². The highest BCUT2D eigenvalue weighted by Crippen LogP contribution is 2.12. The summed E-state index contributed by atoms with van der Waals surface area (Å²) in [4.78, 5) is 0. The van der Waals surface area contributed by atoms with Gasteiger partial charge in [-0.2, -0.15) is 0 Å². The van der Waals surface area contributed by atoms with Crippen molar-refractivity contribution in [2.24, 2.45) is 0 Å². The van der Waals surface area contributed by atoms with Crippen LogP contribution in [-0.4, -0.2) is 28.8 Å². The van der Waals surface area contributed by atoms with Crippen LogP contribution in [0.3, 0.4) is 0 Å². The standard InChI is InChI=1S/C2N6S2/c3-1(5-10-7-3)2-4-6-8-9-2. The molecule has 2 rings (SSSR count). The smallest absolute Gasteiger partial charge is 0.148 e. The summed E-state index contributed by atoms with van der Waals surface area (Å²) < 4.78 is 11.0. The highest BCUT2D eigenvalue weighted by atomic mass is 32.1. The van der Waals surface area contributed by atoms with E-state index in [0.29, 0.717) is 10.8 Å². The maximum atomic E-state index is 3.85. The Hall–Kier alpha value is -1.02. The second kappa shape index (κ2) is 2.31. The number of nitrogens with zero attached hydrogens (tertiary/aromatic N) is 6. The van der Waals surface area contributed by atoms with E-state index in [-0.39, 0.29) is 0 Å². The predicted octanol–water partition coefficient (Wildman–Crippen LogP) is -0.153. The summed E-state index contributed by atoms with van der Waals surface area (Å²) in [5, 5.41) is 11.3. The molecule has 0 amide bonds. The first-order valence-corrected chi connectivity index (χ1v) is 3.78. The lowest BCUT2D eigenvalue weighted by Gasteiger charge is -1.74. The molecule has 50 valence electrons. The molecule has 0 spiro atoms. The van der Waals surface area contributed by atoms with Crippen LogP contribution in [0.1, 0.15) is 0 Å². The first-order valence-electron chi connectivity index (χ1n) is 2.27. The molecule has 0 atom stereocenters. The third kappa shape index (κ3) is 0.866. The van der Waals surface area contributed by atoms with E-state index in [1.54, 1.807) is 0 Å². The minimum Gasteiger partial charge on any atom is -0.148 e. The van der Waals surface area contributed by atoms with Crippen molar-refractivity contribution in [1.82, 2.24) is 28.8 Å². The van der Waals surface area contributed by atoms with Gasteiger partial charge in [0, 0.05) is 11.5 Å². The number of rotatable bonds is 1. The lowest BCUT2D eigenvalue weighted by Crippen LogP contribution is -1.78. The molecule has 10 heavy (non-hydrogen) atoms. The van der Waals surface area contributed by atoms with E-state index in [1.165, 1.54) is 0 Å². The zero-order valence-corrected chi connectivity index (χ0v) is 6.13. The van der Waals surface area contributed by atoms with Gasteiger partial charge < -0.3 is 0 Å². The summed E-state index contributed by atoms with van der Waals surface area (Å²) in [6.07, 6.45) is 0. The quantitative estimate of drug-likeness (QED) is 0.595. The fourth-order valence-corrected chi connectivity index (χ4v) is 1.23. The molecule has 0 unspecified atom stereocenters. The van der Waals surface area contributed by atoms with Crippen molar-refractivity contribution in [3.05, 3.63) is 0 Å². The normalized spacial score (nSPS) is 10.0. The Kier molecular flexibility index (Phi) is 1.32. The van der Waals surface area contributed by atoms with E-state index in [0.717, 1.165) is 23.3 Å². The molecule has 0 aliphatic heterocycles. The Morgan fingerprint density at radius 3 is 2.70 bits per heavy atom. The highest BCUT2D eigenvalue weighted by Gasteiger charge is 2.05. The molecule has 2 aromatic heterocycles. The molecule has 0 saturated heterocycles. The Bertz CT molecular complexity index is 253. The number of aromatic nitrogens is 6. The van der Waals surface area contributed by atoms with Gasteiger partial charge in [-0.3, -0.25) is 0 Å². The van der Waals surface area contributed by atoms with E-state index in [4.69, 9.17) is 0 Å². The molecular formula is C2N6S2. The van der Waals surface area contributed by atoms with Crippen molar-refractivity contribution < 1.29 is 0 Å². The van der Waals surface area contributed by atoms with Gasteiger partial charge in [0.25, 0.3) is 0 Å². The SMILES string of the molecule is n1nsc(-c2nnsn2)n1. The summed E-state index contributed by atoms with van der Waals surface area (Å²) in [5.74, 6) is 0.500. The monoisotopic (exact) mass is 172 g/mol. The van der Waals surface area contributed by atoms with Gasteiger partial charge >= 0.3 is 0 Å². The minimum absolute atomic E-state index is 0.500. The molecule has 6 nitrogen and oxygen atoms in total. The molecular weight excluding hydrogens is 172 g/mol. The number of hydrogen-bond donors (Lipinski definition) is 0. The fraction of sp³-hybridized carbons (Fsp3) is 0. The van der Waals surface area contributed by atoms with Gasteiger partial charge in [0.2, 0.25) is 10.8 Å². The maximum Gasteiger partial charge on any atom is 0.228 e. The van der Waals surface area contributed by atoms with Crippen LogP contribution >= 0.6 is 23.3 Å². The van der Waals surface area contributed by atoms with Gasteiger partial charge in [-0.1, -0.05) is 8.98 Å². The largest absolute Gasteiger partial charge is 0.228 e. The van der Waals surface area contributed by atoms with E-state index >= 15 is 0 Å². The Morgan fingerprint density at radius 2 is 2.10 bits per heavy atom. The topological polar surface area (TPSA) is 77.3 Å². The molecule has 8 heteroatoms. The molecule has 2 aromatic rings. The fourth-order valence-electron chi connectivity index (χ4n) is 0.434. The van der Waals surface area contributed by atoms with Crippen molar-refractivity contribution in [1.29, 1.82) is 0 Å². The minimum atomic E-state index is 0.500. The Balaban J connectivity index is 2.48. The third-order valence-electron chi connectivity index (χ3n) is 0.790. The van der Waals surface area contributed by atoms with Gasteiger partial charge in [-0.05, 0) is 5.21 Å². The first kappa shape index (κ1) is 5.74. The van der Waals surface area contributed by atoms with E-state index in [2.05, 4.69) is 28.8 Å². The van der Waals surface area contributed by atoms with Crippen LogP contribution in [0, 0.1) is 0 Å². The average molecular weight is 172 g/mol. The lowest BCUT2D eigenvalue weighted by atomic mass is 10.7. The first-order chi connectivity index (χ1) is 4.97. The summed E-state index contributed by atoms with van der Waals surface area (Å²) >= 11 is 2.19. The van der Waals surface area contributed by atoms with E-state index in [9.17, 15) is 0 Å². The van der Waals surface area contributed by atoms with Crippen LogP contribution in [0.5, 0.6) is 0 Å². The van der Waals surface area contributed by atoms with Crippen LogP contribution in [0.2, 0.25) is 0 Å². The molecule has 0 N–H and O–H groups in total. The average Bonchev–Trinajstić information content (AvgIpc) is 2.59. The van der Waals surface area contributed by atoms with Crippen molar-refractivity contribution in [3.63, 3.8) is 0 Å². The van der Waals surface area contributed by atoms with Crippen LogP contribution < -0.4 is 0 Å². The van der Waals surface area contributed by atoms with Crippen molar-refractivity contribution in [2.75, 3.05) is 0 Å². The molecule has 0 fully saturated rings. The third-order valence-corrected chi connectivity index (χ3v) is 1.79. The molecule has 0 saturated carbocycles. The number of hydrogen-bond acceptors (Lipinski definition) is 8. The molecule has 0 radical (unpaired) electrons. The zero-order chi connectivity index (χ0) is 6.81. The van der Waals surface area contributed by atoms with Crippen LogP contribution in [0.15, 0.2) is 0 Å². The maximum absolute atomic E-state index is 3.85. The summed E-state index contributed by atoms with van der Waals surface area (Å²) in [6, 6.07) is 0. The summed E-state index contributed by atoms with van der Waals surface area (Å²) in [7, 11) is 0. The lowest BCUT2D eigenvalue weighted by molar-refractivity contribution is 0.954. The highest BCUT2D eigenvalue weighted by molar-refractivity contribution is 7.09. The molecule has 0 bridgehead atoms. The van der Waals surface area contributed by atoms with Crippen molar-refractivity contribution >= 4 is 23.3 Å². The molecule has 0 aliphatic carbocycles. The van der Waals surface area contributed by atoms with E-state index < -0.39 is 0 Å². The summed E-state index contributed by atoms with van der Waals surface area (Å²) in [5.41, 5.74) is 0. The van der Waals surface area contributed by atoms with Crippen LogP contribution in [-0.2, 0) is 0 Å². The Morgan fingerprint density at radius 1 is 1.10 bits per heavy atom. The van der Waals surface area contributed by atoms with Crippen LogP contribution in [0.4, 0.5) is 0 Å². The van der Waals surface area contributed by atoms with E-state index in [1.807, 2.05) is 0 Å². The molecule has 0 aliphatic rings.